The maximum Gasteiger partial charge on any atom is 0.260 e. The quantitative estimate of drug-likeness (QED) is 0.813. The van der Waals surface area contributed by atoms with Crippen molar-refractivity contribution in [3.8, 4) is 11.5 Å². The van der Waals surface area contributed by atoms with Gasteiger partial charge in [-0.2, -0.15) is 0 Å². The molecule has 1 amide bonds. The summed E-state index contributed by atoms with van der Waals surface area (Å²) in [6.07, 6.45) is 2.42. The first-order chi connectivity index (χ1) is 11.0. The lowest BCUT2D eigenvalue weighted by Gasteiger charge is -2.19. The van der Waals surface area contributed by atoms with E-state index < -0.39 is 11.7 Å². The Labute approximate surface area is 138 Å². The minimum absolute atomic E-state index is 0.106. The third-order valence-electron chi connectivity index (χ3n) is 3.39. The van der Waals surface area contributed by atoms with Crippen molar-refractivity contribution < 1.29 is 18.7 Å². The molecule has 1 heterocycles. The smallest absolute Gasteiger partial charge is 0.260 e. The number of aryl methyl sites for hydroxylation is 1. The van der Waals surface area contributed by atoms with Crippen LogP contribution < -0.4 is 9.47 Å². The summed E-state index contributed by atoms with van der Waals surface area (Å²) in [5, 5.41) is 0.945. The van der Waals surface area contributed by atoms with Gasteiger partial charge in [-0.05, 0) is 19.1 Å². The maximum atomic E-state index is 14.1. The highest BCUT2D eigenvalue weighted by Crippen LogP contribution is 2.33. The van der Waals surface area contributed by atoms with Gasteiger partial charge in [-0.15, -0.1) is 11.3 Å². The second-order valence-corrected chi connectivity index (χ2v) is 6.32. The van der Waals surface area contributed by atoms with Crippen LogP contribution in [0, 0.1) is 12.7 Å². The Bertz CT molecular complexity index is 703. The molecule has 0 saturated carbocycles. The normalized spacial score (nSPS) is 10.5. The number of hydrogen-bond acceptors (Lipinski definition) is 5. The van der Waals surface area contributed by atoms with Gasteiger partial charge in [0.25, 0.3) is 5.91 Å². The summed E-state index contributed by atoms with van der Waals surface area (Å²) < 4.78 is 24.4. The van der Waals surface area contributed by atoms with Gasteiger partial charge in [0, 0.05) is 31.1 Å². The van der Waals surface area contributed by atoms with Gasteiger partial charge in [-0.3, -0.25) is 4.79 Å². The predicted molar refractivity (Wildman–Crippen MR) is 87.0 cm³/mol. The molecule has 0 unspecified atom stereocenters. The molecule has 0 fully saturated rings. The highest BCUT2D eigenvalue weighted by Gasteiger charge is 2.24. The zero-order valence-corrected chi connectivity index (χ0v) is 14.4. The summed E-state index contributed by atoms with van der Waals surface area (Å²) in [5.41, 5.74) is -0.121. The largest absolute Gasteiger partial charge is 0.493 e. The Morgan fingerprint density at radius 1 is 1.35 bits per heavy atom. The van der Waals surface area contributed by atoms with E-state index in [1.54, 1.807) is 24.6 Å². The summed E-state index contributed by atoms with van der Waals surface area (Å²) in [4.78, 5) is 19.4. The lowest BCUT2D eigenvalue weighted by molar-refractivity contribution is 0.0787. The van der Waals surface area contributed by atoms with E-state index in [1.807, 2.05) is 6.92 Å². The number of rotatable bonds is 6. The Kier molecular flexibility index (Phi) is 5.54. The Morgan fingerprint density at radius 3 is 2.65 bits per heavy atom. The van der Waals surface area contributed by atoms with Gasteiger partial charge in [0.2, 0.25) is 0 Å². The van der Waals surface area contributed by atoms with Crippen LogP contribution in [0.25, 0.3) is 0 Å². The Hall–Kier alpha value is -2.15. The lowest BCUT2D eigenvalue weighted by atomic mass is 10.1. The van der Waals surface area contributed by atoms with Crippen LogP contribution in [-0.4, -0.2) is 43.6 Å². The van der Waals surface area contributed by atoms with Gasteiger partial charge < -0.3 is 14.4 Å². The van der Waals surface area contributed by atoms with E-state index in [-0.39, 0.29) is 11.3 Å². The van der Waals surface area contributed by atoms with Crippen molar-refractivity contribution in [1.82, 2.24) is 9.88 Å². The molecule has 0 saturated heterocycles. The van der Waals surface area contributed by atoms with Crippen LogP contribution in [0.3, 0.4) is 0 Å². The summed E-state index contributed by atoms with van der Waals surface area (Å²) in [6.45, 7) is 2.41. The molecule has 1 aromatic heterocycles. The molecule has 2 aromatic rings. The summed E-state index contributed by atoms with van der Waals surface area (Å²) in [7, 11) is 4.45. The first-order valence-electron chi connectivity index (χ1n) is 7.05. The zero-order chi connectivity index (χ0) is 17.0. The number of hydrogen-bond donors (Lipinski definition) is 0. The molecule has 7 heteroatoms. The average molecular weight is 338 g/mol. The molecule has 0 N–H and O–H groups in total. The molecule has 0 aliphatic heterocycles. The first kappa shape index (κ1) is 17.2. The Balaban J connectivity index is 2.18. The predicted octanol–water partition coefficient (Wildman–Crippen LogP) is 2.92. The molecule has 0 atom stereocenters. The highest BCUT2D eigenvalue weighted by atomic mass is 32.1. The minimum Gasteiger partial charge on any atom is -0.493 e. The number of ether oxygens (including phenoxy) is 2. The van der Waals surface area contributed by atoms with Gasteiger partial charge in [0.15, 0.2) is 11.5 Å². The van der Waals surface area contributed by atoms with Gasteiger partial charge >= 0.3 is 0 Å². The molecule has 0 aliphatic carbocycles. The lowest BCUT2D eigenvalue weighted by Crippen LogP contribution is -2.30. The number of thiazole rings is 1. The van der Waals surface area contributed by atoms with E-state index in [0.717, 1.165) is 9.88 Å². The van der Waals surface area contributed by atoms with Crippen LogP contribution in [-0.2, 0) is 6.42 Å². The van der Waals surface area contributed by atoms with E-state index in [1.165, 1.54) is 31.3 Å². The van der Waals surface area contributed by atoms with Gasteiger partial charge in [0.05, 0.1) is 19.2 Å². The van der Waals surface area contributed by atoms with E-state index >= 15 is 0 Å². The molecule has 124 valence electrons. The first-order valence-corrected chi connectivity index (χ1v) is 7.86. The van der Waals surface area contributed by atoms with Crippen LogP contribution in [0.2, 0.25) is 0 Å². The maximum absolute atomic E-state index is 14.1. The molecule has 0 bridgehead atoms. The third kappa shape index (κ3) is 3.79. The standard InChI is InChI=1S/C16H19FN2O3S/c1-10-9-18-13(23-10)7-8-19(2)16(20)14-11(17)5-6-12(21-3)15(14)22-4/h5-6,9H,7-8H2,1-4H3. The molecule has 1 aromatic carbocycles. The average Bonchev–Trinajstić information content (AvgIpc) is 2.96. The van der Waals surface area contributed by atoms with Crippen molar-refractivity contribution in [3.05, 3.63) is 39.6 Å². The van der Waals surface area contributed by atoms with Crippen molar-refractivity contribution in [2.45, 2.75) is 13.3 Å². The van der Waals surface area contributed by atoms with Gasteiger partial charge in [-0.1, -0.05) is 0 Å². The molecule has 5 nitrogen and oxygen atoms in total. The molecule has 23 heavy (non-hydrogen) atoms. The Morgan fingerprint density at radius 2 is 2.09 bits per heavy atom. The van der Waals surface area contributed by atoms with Crippen LogP contribution in [0.5, 0.6) is 11.5 Å². The highest BCUT2D eigenvalue weighted by molar-refractivity contribution is 7.11. The van der Waals surface area contributed by atoms with Crippen LogP contribution >= 0.6 is 11.3 Å². The van der Waals surface area contributed by atoms with E-state index in [9.17, 15) is 9.18 Å². The second-order valence-electron chi connectivity index (χ2n) is 5.00. The molecule has 0 aliphatic rings. The summed E-state index contributed by atoms with van der Waals surface area (Å²) in [5.74, 6) is -0.660. The van der Waals surface area contributed by atoms with Crippen LogP contribution in [0.4, 0.5) is 4.39 Å². The van der Waals surface area contributed by atoms with Crippen LogP contribution in [0.15, 0.2) is 18.3 Å². The number of amides is 1. The number of methoxy groups -OCH3 is 2. The number of halogens is 1. The summed E-state index contributed by atoms with van der Waals surface area (Å²) in [6, 6.07) is 2.63. The molecule has 0 radical (unpaired) electrons. The van der Waals surface area contributed by atoms with Gasteiger partial charge in [-0.25, -0.2) is 9.37 Å². The molecule has 0 spiro atoms. The molecular weight excluding hydrogens is 319 g/mol. The van der Waals surface area contributed by atoms with E-state index in [0.29, 0.717) is 18.7 Å². The number of likely N-dealkylation sites (N-methyl/N-ethyl adjacent to an activating group) is 1. The fraction of sp³-hybridized carbons (Fsp3) is 0.375. The topological polar surface area (TPSA) is 51.7 Å². The minimum atomic E-state index is -0.635. The molecule has 2 rings (SSSR count). The van der Waals surface area contributed by atoms with Crippen molar-refractivity contribution in [3.63, 3.8) is 0 Å². The molecular formula is C16H19FN2O3S. The van der Waals surface area contributed by atoms with Crippen molar-refractivity contribution in [2.75, 3.05) is 27.8 Å². The SMILES string of the molecule is COc1ccc(F)c(C(=O)N(C)CCc2ncc(C)s2)c1OC. The number of nitrogens with zero attached hydrogens (tertiary/aromatic N) is 2. The van der Waals surface area contributed by atoms with Crippen molar-refractivity contribution in [1.29, 1.82) is 0 Å². The van der Waals surface area contributed by atoms with E-state index in [2.05, 4.69) is 4.98 Å². The third-order valence-corrected chi connectivity index (χ3v) is 4.36. The van der Waals surface area contributed by atoms with Gasteiger partial charge in [0.1, 0.15) is 11.4 Å². The fourth-order valence-electron chi connectivity index (χ4n) is 2.17. The number of carbonyl (C=O) groups is 1. The van der Waals surface area contributed by atoms with Crippen molar-refractivity contribution in [2.24, 2.45) is 0 Å². The summed E-state index contributed by atoms with van der Waals surface area (Å²) >= 11 is 1.59. The number of aromatic nitrogens is 1. The monoisotopic (exact) mass is 338 g/mol. The van der Waals surface area contributed by atoms with E-state index in [4.69, 9.17) is 9.47 Å². The van der Waals surface area contributed by atoms with Crippen LogP contribution in [0.1, 0.15) is 20.2 Å². The zero-order valence-electron chi connectivity index (χ0n) is 13.6. The number of carbonyl (C=O) groups excluding carboxylic acids is 1. The second kappa shape index (κ2) is 7.41. The number of benzene rings is 1. The van der Waals surface area contributed by atoms with Crippen molar-refractivity contribution >= 4 is 17.2 Å². The fourth-order valence-corrected chi connectivity index (χ4v) is 2.95.